The van der Waals surface area contributed by atoms with E-state index in [0.29, 0.717) is 29.6 Å². The van der Waals surface area contributed by atoms with Crippen LogP contribution in [0.25, 0.3) is 0 Å². The van der Waals surface area contributed by atoms with Crippen molar-refractivity contribution < 1.29 is 9.18 Å². The van der Waals surface area contributed by atoms with Gasteiger partial charge in [-0.05, 0) is 42.9 Å². The molecule has 3 heteroatoms. The first kappa shape index (κ1) is 12.6. The minimum absolute atomic E-state index is 0.310. The third kappa shape index (κ3) is 3.53. The maximum Gasteiger partial charge on any atom is 0.133 e. The van der Waals surface area contributed by atoms with Gasteiger partial charge in [-0.2, -0.15) is 0 Å². The summed E-state index contributed by atoms with van der Waals surface area (Å²) in [6.07, 6.45) is 5.33. The molecule has 1 aliphatic rings. The highest BCUT2D eigenvalue weighted by molar-refractivity contribution is 6.31. The Morgan fingerprint density at radius 3 is 2.94 bits per heavy atom. The average Bonchev–Trinajstić information content (AvgIpc) is 2.47. The van der Waals surface area contributed by atoms with Crippen LogP contribution in [0, 0.1) is 11.7 Å². The van der Waals surface area contributed by atoms with Crippen molar-refractivity contribution in [2.45, 2.75) is 38.5 Å². The normalized spacial score (nSPS) is 21.3. The Hall–Kier alpha value is -0.890. The van der Waals surface area contributed by atoms with Crippen molar-refractivity contribution in [2.75, 3.05) is 0 Å². The van der Waals surface area contributed by atoms with Crippen molar-refractivity contribution in [1.82, 2.24) is 0 Å². The zero-order valence-electron chi connectivity index (χ0n) is 9.72. The number of hydrogen-bond acceptors (Lipinski definition) is 1. The van der Waals surface area contributed by atoms with Crippen LogP contribution in [0.5, 0.6) is 0 Å². The Bertz CT molecular complexity index is 417. The zero-order valence-corrected chi connectivity index (χ0v) is 10.5. The number of hydrogen-bond donors (Lipinski definition) is 0. The minimum atomic E-state index is -0.310. The second kappa shape index (κ2) is 5.63. The number of carbonyl (C=O) groups excluding carboxylic acids is 1. The fraction of sp³-hybridized carbons (Fsp3) is 0.500. The Kier molecular flexibility index (Phi) is 4.16. The van der Waals surface area contributed by atoms with Gasteiger partial charge in [0.25, 0.3) is 0 Å². The fourth-order valence-electron chi connectivity index (χ4n) is 2.45. The average molecular weight is 255 g/mol. The van der Waals surface area contributed by atoms with Crippen molar-refractivity contribution in [3.8, 4) is 0 Å². The van der Waals surface area contributed by atoms with E-state index in [1.807, 2.05) is 0 Å². The van der Waals surface area contributed by atoms with Crippen molar-refractivity contribution >= 4 is 17.4 Å². The predicted octanol–water partition coefficient (Wildman–Crippen LogP) is 4.17. The third-order valence-electron chi connectivity index (χ3n) is 3.36. The number of ketones is 1. The standard InChI is InChI=1S/C14H16ClFO/c15-14-9-12(16)6-5-11(14)7-10-3-1-2-4-13(17)8-10/h5-6,9-10H,1-4,7-8H2. The molecule has 0 bridgehead atoms. The molecule has 1 atom stereocenters. The molecule has 1 unspecified atom stereocenters. The van der Waals surface area contributed by atoms with E-state index >= 15 is 0 Å². The summed E-state index contributed by atoms with van der Waals surface area (Å²) in [6.45, 7) is 0. The second-order valence-corrected chi connectivity index (χ2v) is 5.20. The lowest BCUT2D eigenvalue weighted by Crippen LogP contribution is -2.08. The molecule has 0 heterocycles. The molecule has 92 valence electrons. The Morgan fingerprint density at radius 2 is 2.18 bits per heavy atom. The van der Waals surface area contributed by atoms with Gasteiger partial charge in [0, 0.05) is 17.9 Å². The van der Waals surface area contributed by atoms with Crippen LogP contribution in [0.2, 0.25) is 5.02 Å². The lowest BCUT2D eigenvalue weighted by atomic mass is 9.92. The van der Waals surface area contributed by atoms with Gasteiger partial charge in [0.05, 0.1) is 0 Å². The number of benzene rings is 1. The molecule has 0 amide bonds. The number of halogens is 2. The Balaban J connectivity index is 2.06. The highest BCUT2D eigenvalue weighted by Gasteiger charge is 2.19. The van der Waals surface area contributed by atoms with Crippen molar-refractivity contribution in [2.24, 2.45) is 5.92 Å². The molecule has 1 aromatic carbocycles. The number of carbonyl (C=O) groups is 1. The summed E-state index contributed by atoms with van der Waals surface area (Å²) in [5.74, 6) is 0.411. The van der Waals surface area contributed by atoms with Gasteiger partial charge in [-0.3, -0.25) is 4.79 Å². The molecular weight excluding hydrogens is 239 g/mol. The largest absolute Gasteiger partial charge is 0.300 e. The molecule has 1 fully saturated rings. The molecule has 1 aromatic rings. The summed E-state index contributed by atoms with van der Waals surface area (Å²) >= 11 is 6.00. The molecule has 0 aliphatic heterocycles. The summed E-state index contributed by atoms with van der Waals surface area (Å²) in [7, 11) is 0. The van der Waals surface area contributed by atoms with Crippen LogP contribution in [-0.2, 0) is 11.2 Å². The van der Waals surface area contributed by atoms with Gasteiger partial charge >= 0.3 is 0 Å². The van der Waals surface area contributed by atoms with Gasteiger partial charge in [-0.25, -0.2) is 4.39 Å². The first-order valence-corrected chi connectivity index (χ1v) is 6.48. The van der Waals surface area contributed by atoms with Crippen LogP contribution in [0.1, 0.15) is 37.7 Å². The summed E-state index contributed by atoms with van der Waals surface area (Å²) in [5, 5.41) is 0.474. The van der Waals surface area contributed by atoms with E-state index in [9.17, 15) is 9.18 Å². The van der Waals surface area contributed by atoms with Crippen LogP contribution < -0.4 is 0 Å². The molecule has 0 spiro atoms. The minimum Gasteiger partial charge on any atom is -0.300 e. The maximum absolute atomic E-state index is 12.9. The van der Waals surface area contributed by atoms with Crippen LogP contribution >= 0.6 is 11.6 Å². The van der Waals surface area contributed by atoms with E-state index < -0.39 is 0 Å². The molecule has 0 N–H and O–H groups in total. The van der Waals surface area contributed by atoms with Crippen LogP contribution in [-0.4, -0.2) is 5.78 Å². The first-order chi connectivity index (χ1) is 8.15. The molecule has 2 rings (SSSR count). The van der Waals surface area contributed by atoms with Crippen LogP contribution in [0.15, 0.2) is 18.2 Å². The quantitative estimate of drug-likeness (QED) is 0.724. The van der Waals surface area contributed by atoms with Gasteiger partial charge in [-0.15, -0.1) is 0 Å². The molecule has 0 saturated heterocycles. The SMILES string of the molecule is O=C1CCCCC(Cc2ccc(F)cc2Cl)C1. The van der Waals surface area contributed by atoms with Gasteiger partial charge in [0.15, 0.2) is 0 Å². The van der Waals surface area contributed by atoms with Gasteiger partial charge in [0.1, 0.15) is 11.6 Å². The highest BCUT2D eigenvalue weighted by Crippen LogP contribution is 2.27. The van der Waals surface area contributed by atoms with E-state index in [1.165, 1.54) is 12.1 Å². The number of rotatable bonds is 2. The molecule has 1 aliphatic carbocycles. The fourth-order valence-corrected chi connectivity index (χ4v) is 2.70. The van der Waals surface area contributed by atoms with Gasteiger partial charge in [0.2, 0.25) is 0 Å². The van der Waals surface area contributed by atoms with Crippen LogP contribution in [0.3, 0.4) is 0 Å². The smallest absolute Gasteiger partial charge is 0.133 e. The Labute approximate surface area is 106 Å². The van der Waals surface area contributed by atoms with Gasteiger partial charge < -0.3 is 0 Å². The highest BCUT2D eigenvalue weighted by atomic mass is 35.5. The second-order valence-electron chi connectivity index (χ2n) is 4.79. The maximum atomic E-state index is 12.9. The summed E-state index contributed by atoms with van der Waals surface area (Å²) in [5.41, 5.74) is 0.952. The molecule has 17 heavy (non-hydrogen) atoms. The number of Topliss-reactive ketones (excluding diaryl/α,β-unsaturated/α-hetero) is 1. The first-order valence-electron chi connectivity index (χ1n) is 6.11. The summed E-state index contributed by atoms with van der Waals surface area (Å²) in [6, 6.07) is 4.50. The molecule has 0 radical (unpaired) electrons. The monoisotopic (exact) mass is 254 g/mol. The van der Waals surface area contributed by atoms with Crippen LogP contribution in [0.4, 0.5) is 4.39 Å². The topological polar surface area (TPSA) is 17.1 Å². The van der Waals surface area contributed by atoms with E-state index in [1.54, 1.807) is 6.07 Å². The van der Waals surface area contributed by atoms with E-state index in [4.69, 9.17) is 11.6 Å². The van der Waals surface area contributed by atoms with E-state index in [-0.39, 0.29) is 5.82 Å². The lowest BCUT2D eigenvalue weighted by Gasteiger charge is -2.14. The molecule has 0 aromatic heterocycles. The van der Waals surface area contributed by atoms with Gasteiger partial charge in [-0.1, -0.05) is 24.1 Å². The molecular formula is C14H16ClFO. The van der Waals surface area contributed by atoms with Crippen molar-refractivity contribution in [3.63, 3.8) is 0 Å². The summed E-state index contributed by atoms with van der Waals surface area (Å²) < 4.78 is 12.9. The zero-order chi connectivity index (χ0) is 12.3. The molecule has 1 saturated carbocycles. The summed E-state index contributed by atoms with van der Waals surface area (Å²) in [4.78, 5) is 11.5. The lowest BCUT2D eigenvalue weighted by molar-refractivity contribution is -0.119. The predicted molar refractivity (Wildman–Crippen MR) is 66.7 cm³/mol. The van der Waals surface area contributed by atoms with Crippen molar-refractivity contribution in [3.05, 3.63) is 34.6 Å². The third-order valence-corrected chi connectivity index (χ3v) is 3.71. The molecule has 1 nitrogen and oxygen atoms in total. The van der Waals surface area contributed by atoms with Crippen molar-refractivity contribution in [1.29, 1.82) is 0 Å². The Morgan fingerprint density at radius 1 is 1.35 bits per heavy atom. The van der Waals surface area contributed by atoms with E-state index in [0.717, 1.165) is 31.2 Å². The van der Waals surface area contributed by atoms with E-state index in [2.05, 4.69) is 0 Å².